The molecule has 6 nitrogen and oxygen atoms in total. The lowest BCUT2D eigenvalue weighted by Gasteiger charge is -2.29. The summed E-state index contributed by atoms with van der Waals surface area (Å²) in [6.45, 7) is 5.45. The largest absolute Gasteiger partial charge is 0.384 e. The van der Waals surface area contributed by atoms with Gasteiger partial charge in [-0.2, -0.15) is 0 Å². The Kier molecular flexibility index (Phi) is 6.88. The van der Waals surface area contributed by atoms with Gasteiger partial charge in [-0.1, -0.05) is 48.5 Å². The van der Waals surface area contributed by atoms with Crippen LogP contribution in [0.3, 0.4) is 0 Å². The van der Waals surface area contributed by atoms with Crippen LogP contribution >= 0.6 is 0 Å². The number of fused-ring (bicyclic) bond motifs is 1. The first kappa shape index (κ1) is 20.9. The van der Waals surface area contributed by atoms with E-state index in [1.807, 2.05) is 60.4 Å². The van der Waals surface area contributed by atoms with Crippen molar-refractivity contribution in [2.75, 3.05) is 31.1 Å². The highest BCUT2D eigenvalue weighted by atomic mass is 16.3. The number of hydrogen-bond acceptors (Lipinski definition) is 3. The van der Waals surface area contributed by atoms with Crippen molar-refractivity contribution in [2.24, 2.45) is 4.99 Å². The maximum absolute atomic E-state index is 12.8. The van der Waals surface area contributed by atoms with E-state index in [-0.39, 0.29) is 19.0 Å². The average Bonchev–Trinajstić information content (AvgIpc) is 2.75. The van der Waals surface area contributed by atoms with E-state index in [0.29, 0.717) is 12.5 Å². The third-order valence-electron chi connectivity index (χ3n) is 5.12. The quantitative estimate of drug-likeness (QED) is 0.520. The smallest absolute Gasteiger partial charge is 0.248 e. The van der Waals surface area contributed by atoms with Gasteiger partial charge in [0.15, 0.2) is 5.96 Å². The van der Waals surface area contributed by atoms with Gasteiger partial charge in [-0.05, 0) is 43.9 Å². The molecule has 3 rings (SSSR count). The van der Waals surface area contributed by atoms with Gasteiger partial charge in [0.1, 0.15) is 12.1 Å². The number of carbonyl (C=O) groups is 1. The molecule has 1 aliphatic heterocycles. The normalized spacial score (nSPS) is 16.0. The summed E-state index contributed by atoms with van der Waals surface area (Å²) in [5.41, 5.74) is 1.97. The minimum absolute atomic E-state index is 0.0239. The van der Waals surface area contributed by atoms with Gasteiger partial charge in [-0.25, -0.2) is 4.99 Å². The van der Waals surface area contributed by atoms with Crippen LogP contribution in [0.1, 0.15) is 31.4 Å². The SMILES string of the molecule is CCNC(=NCC(=O)N1CCCc2ccccc21)NCC(C)(O)c1ccccc1. The van der Waals surface area contributed by atoms with Crippen molar-refractivity contribution < 1.29 is 9.90 Å². The number of aliphatic hydroxyl groups is 1. The van der Waals surface area contributed by atoms with Crippen LogP contribution in [0.4, 0.5) is 5.69 Å². The zero-order chi connectivity index (χ0) is 20.7. The Morgan fingerprint density at radius 1 is 1.14 bits per heavy atom. The summed E-state index contributed by atoms with van der Waals surface area (Å²) in [7, 11) is 0. The second kappa shape index (κ2) is 9.56. The van der Waals surface area contributed by atoms with E-state index in [9.17, 15) is 9.90 Å². The lowest BCUT2D eigenvalue weighted by molar-refractivity contribution is -0.117. The van der Waals surface area contributed by atoms with Gasteiger partial charge in [-0.3, -0.25) is 4.79 Å². The molecule has 0 radical (unpaired) electrons. The van der Waals surface area contributed by atoms with E-state index in [1.165, 1.54) is 5.56 Å². The fourth-order valence-corrected chi connectivity index (χ4v) is 3.52. The number of rotatable bonds is 6. The van der Waals surface area contributed by atoms with Gasteiger partial charge in [0.05, 0.1) is 6.54 Å². The summed E-state index contributed by atoms with van der Waals surface area (Å²) in [5, 5.41) is 17.1. The molecule has 0 aliphatic carbocycles. The molecule has 3 N–H and O–H groups in total. The van der Waals surface area contributed by atoms with Crippen LogP contribution in [0.5, 0.6) is 0 Å². The second-order valence-electron chi connectivity index (χ2n) is 7.47. The van der Waals surface area contributed by atoms with E-state index in [4.69, 9.17) is 0 Å². The van der Waals surface area contributed by atoms with Crippen LogP contribution < -0.4 is 15.5 Å². The molecular weight excluding hydrogens is 364 g/mol. The Labute approximate surface area is 172 Å². The summed E-state index contributed by atoms with van der Waals surface area (Å²) in [6, 6.07) is 17.6. The summed E-state index contributed by atoms with van der Waals surface area (Å²) in [5.74, 6) is 0.492. The molecule has 0 bridgehead atoms. The highest BCUT2D eigenvalue weighted by Gasteiger charge is 2.24. The van der Waals surface area contributed by atoms with Crippen LogP contribution in [0.25, 0.3) is 0 Å². The van der Waals surface area contributed by atoms with Gasteiger partial charge in [0.25, 0.3) is 0 Å². The minimum atomic E-state index is -1.05. The first-order chi connectivity index (χ1) is 14.0. The number of anilines is 1. The number of guanidine groups is 1. The zero-order valence-corrected chi connectivity index (χ0v) is 17.2. The van der Waals surface area contributed by atoms with Gasteiger partial charge in [-0.15, -0.1) is 0 Å². The molecule has 2 aromatic carbocycles. The lowest BCUT2D eigenvalue weighted by Crippen LogP contribution is -2.45. The third-order valence-corrected chi connectivity index (χ3v) is 5.12. The molecule has 0 saturated heterocycles. The number of aryl methyl sites for hydroxylation is 1. The Balaban J connectivity index is 1.64. The van der Waals surface area contributed by atoms with Gasteiger partial charge in [0, 0.05) is 18.8 Å². The predicted octanol–water partition coefficient (Wildman–Crippen LogP) is 2.43. The van der Waals surface area contributed by atoms with Crippen LogP contribution in [0.2, 0.25) is 0 Å². The minimum Gasteiger partial charge on any atom is -0.384 e. The van der Waals surface area contributed by atoms with Crippen molar-refractivity contribution >= 4 is 17.6 Å². The van der Waals surface area contributed by atoms with Crippen LogP contribution in [-0.4, -0.2) is 43.2 Å². The number of hydrogen-bond donors (Lipinski definition) is 3. The molecule has 1 aliphatic rings. The molecule has 1 heterocycles. The van der Waals surface area contributed by atoms with Crippen molar-refractivity contribution in [2.45, 2.75) is 32.3 Å². The molecule has 1 unspecified atom stereocenters. The second-order valence-corrected chi connectivity index (χ2v) is 7.47. The fraction of sp³-hybridized carbons (Fsp3) is 0.391. The molecular formula is C23H30N4O2. The highest BCUT2D eigenvalue weighted by molar-refractivity contribution is 5.97. The Hall–Kier alpha value is -2.86. The number of nitrogens with zero attached hydrogens (tertiary/aromatic N) is 2. The van der Waals surface area contributed by atoms with Gasteiger partial charge in [0.2, 0.25) is 5.91 Å². The topological polar surface area (TPSA) is 77.0 Å². The number of amides is 1. The molecule has 6 heteroatoms. The summed E-state index contributed by atoms with van der Waals surface area (Å²) in [4.78, 5) is 19.1. The van der Waals surface area contributed by atoms with E-state index in [1.54, 1.807) is 6.92 Å². The first-order valence-corrected chi connectivity index (χ1v) is 10.2. The lowest BCUT2D eigenvalue weighted by atomic mass is 9.96. The van der Waals surface area contributed by atoms with Gasteiger partial charge >= 0.3 is 0 Å². The Bertz CT molecular complexity index is 849. The molecule has 2 aromatic rings. The summed E-state index contributed by atoms with van der Waals surface area (Å²) >= 11 is 0. The molecule has 1 atom stereocenters. The van der Waals surface area contributed by atoms with Crippen molar-refractivity contribution in [3.63, 3.8) is 0 Å². The van der Waals surface area contributed by atoms with E-state index >= 15 is 0 Å². The molecule has 0 spiro atoms. The van der Waals surface area contributed by atoms with Crippen LogP contribution in [0, 0.1) is 0 Å². The summed E-state index contributed by atoms with van der Waals surface area (Å²) < 4.78 is 0. The van der Waals surface area contributed by atoms with Crippen LogP contribution in [0.15, 0.2) is 59.6 Å². The maximum Gasteiger partial charge on any atom is 0.248 e. The molecule has 1 amide bonds. The maximum atomic E-state index is 12.8. The monoisotopic (exact) mass is 394 g/mol. The van der Waals surface area contributed by atoms with Crippen molar-refractivity contribution in [3.8, 4) is 0 Å². The molecule has 0 fully saturated rings. The van der Waals surface area contributed by atoms with Crippen LogP contribution in [-0.2, 0) is 16.8 Å². The summed E-state index contributed by atoms with van der Waals surface area (Å²) in [6.07, 6.45) is 1.96. The standard InChI is InChI=1S/C23H30N4O2/c1-3-24-22(26-17-23(2,29)19-12-5-4-6-13-19)25-16-21(28)27-15-9-11-18-10-7-8-14-20(18)27/h4-8,10,12-14,29H,3,9,11,15-17H2,1-2H3,(H2,24,25,26). The van der Waals surface area contributed by atoms with E-state index < -0.39 is 5.60 Å². The average molecular weight is 395 g/mol. The Morgan fingerprint density at radius 2 is 1.86 bits per heavy atom. The molecule has 154 valence electrons. The number of para-hydroxylation sites is 1. The zero-order valence-electron chi connectivity index (χ0n) is 17.2. The predicted molar refractivity (Wildman–Crippen MR) is 117 cm³/mol. The molecule has 0 saturated carbocycles. The molecule has 0 aromatic heterocycles. The number of carbonyl (C=O) groups excluding carboxylic acids is 1. The number of benzene rings is 2. The van der Waals surface area contributed by atoms with E-state index in [0.717, 1.165) is 30.6 Å². The van der Waals surface area contributed by atoms with Gasteiger partial charge < -0.3 is 20.6 Å². The van der Waals surface area contributed by atoms with Crippen molar-refractivity contribution in [1.29, 1.82) is 0 Å². The fourth-order valence-electron chi connectivity index (χ4n) is 3.52. The Morgan fingerprint density at radius 3 is 2.62 bits per heavy atom. The van der Waals surface area contributed by atoms with E-state index in [2.05, 4.69) is 21.7 Å². The third kappa shape index (κ3) is 5.35. The number of nitrogens with one attached hydrogen (secondary N) is 2. The highest BCUT2D eigenvalue weighted by Crippen LogP contribution is 2.26. The van der Waals surface area contributed by atoms with Crippen molar-refractivity contribution in [1.82, 2.24) is 10.6 Å². The molecule has 29 heavy (non-hydrogen) atoms. The van der Waals surface area contributed by atoms with Crippen molar-refractivity contribution in [3.05, 3.63) is 65.7 Å². The number of aliphatic imine (C=N–C) groups is 1. The first-order valence-electron chi connectivity index (χ1n) is 10.2.